The molecule has 0 atom stereocenters. The molecular formula is C22H27N3O4. The molecular weight excluding hydrogens is 370 g/mol. The van der Waals surface area contributed by atoms with Crippen LogP contribution in [-0.4, -0.2) is 92.1 Å². The van der Waals surface area contributed by atoms with Gasteiger partial charge in [-0.05, 0) is 22.9 Å². The van der Waals surface area contributed by atoms with E-state index in [2.05, 4.69) is 4.90 Å². The van der Waals surface area contributed by atoms with E-state index in [0.29, 0.717) is 51.7 Å². The van der Waals surface area contributed by atoms with Crippen LogP contribution in [0.25, 0.3) is 10.8 Å². The fraction of sp³-hybridized carbons (Fsp3) is 0.455. The maximum atomic E-state index is 12.5. The quantitative estimate of drug-likeness (QED) is 0.759. The molecule has 2 aromatic rings. The molecule has 0 aliphatic carbocycles. The molecule has 4 rings (SSSR count). The van der Waals surface area contributed by atoms with Crippen molar-refractivity contribution in [1.29, 1.82) is 0 Å². The zero-order chi connectivity index (χ0) is 20.1. The number of nitrogens with zero attached hydrogens (tertiary/aromatic N) is 3. The summed E-state index contributed by atoms with van der Waals surface area (Å²) < 4.78 is 11.0. The number of hydrogen-bond donors (Lipinski definition) is 0. The second-order valence-electron chi connectivity index (χ2n) is 7.45. The normalized spacial score (nSPS) is 18.1. The third kappa shape index (κ3) is 5.05. The van der Waals surface area contributed by atoms with E-state index in [4.69, 9.17) is 9.47 Å². The van der Waals surface area contributed by atoms with Crippen LogP contribution in [0.2, 0.25) is 0 Å². The lowest BCUT2D eigenvalue weighted by atomic mass is 10.1. The lowest BCUT2D eigenvalue weighted by Crippen LogP contribution is -2.54. The number of fused-ring (bicyclic) bond motifs is 1. The Balaban J connectivity index is 1.22. The summed E-state index contributed by atoms with van der Waals surface area (Å²) in [5.74, 6) is 0.779. The molecule has 2 aromatic carbocycles. The summed E-state index contributed by atoms with van der Waals surface area (Å²) in [6.07, 6.45) is 0. The number of morpholine rings is 1. The molecule has 2 amide bonds. The van der Waals surface area contributed by atoms with E-state index < -0.39 is 0 Å². The van der Waals surface area contributed by atoms with Crippen molar-refractivity contribution in [3.05, 3.63) is 42.5 Å². The van der Waals surface area contributed by atoms with Crippen molar-refractivity contribution in [1.82, 2.24) is 14.7 Å². The summed E-state index contributed by atoms with van der Waals surface area (Å²) in [5, 5.41) is 2.23. The lowest BCUT2D eigenvalue weighted by Gasteiger charge is -2.36. The Hall–Kier alpha value is -2.64. The zero-order valence-corrected chi connectivity index (χ0v) is 16.6. The number of amides is 2. The molecule has 2 aliphatic heterocycles. The van der Waals surface area contributed by atoms with Crippen molar-refractivity contribution in [2.75, 3.05) is 65.6 Å². The third-order valence-electron chi connectivity index (χ3n) is 5.53. The summed E-state index contributed by atoms with van der Waals surface area (Å²) in [7, 11) is 0. The van der Waals surface area contributed by atoms with Gasteiger partial charge in [0.15, 0.2) is 6.61 Å². The Kier molecular flexibility index (Phi) is 6.27. The molecule has 7 heteroatoms. The number of carbonyl (C=O) groups excluding carboxylic acids is 2. The molecule has 2 fully saturated rings. The number of rotatable bonds is 5. The highest BCUT2D eigenvalue weighted by atomic mass is 16.5. The fourth-order valence-corrected chi connectivity index (χ4v) is 3.75. The summed E-state index contributed by atoms with van der Waals surface area (Å²) in [6, 6.07) is 13.9. The van der Waals surface area contributed by atoms with Gasteiger partial charge in [0.05, 0.1) is 19.8 Å². The van der Waals surface area contributed by atoms with Gasteiger partial charge >= 0.3 is 0 Å². The molecule has 2 aliphatic rings. The van der Waals surface area contributed by atoms with E-state index in [1.165, 1.54) is 0 Å². The molecule has 0 aromatic heterocycles. The maximum Gasteiger partial charge on any atom is 0.260 e. The van der Waals surface area contributed by atoms with E-state index >= 15 is 0 Å². The van der Waals surface area contributed by atoms with Gasteiger partial charge in [0, 0.05) is 39.3 Å². The van der Waals surface area contributed by atoms with Gasteiger partial charge in [0.2, 0.25) is 5.91 Å². The molecule has 0 unspecified atom stereocenters. The average molecular weight is 397 g/mol. The van der Waals surface area contributed by atoms with Crippen LogP contribution < -0.4 is 4.74 Å². The Morgan fingerprint density at radius 2 is 1.48 bits per heavy atom. The molecule has 154 valence electrons. The SMILES string of the molecule is O=C(COc1ccc2ccccc2c1)N1CCN(C(=O)CN2CCOCC2)CC1. The summed E-state index contributed by atoms with van der Waals surface area (Å²) in [4.78, 5) is 30.7. The van der Waals surface area contributed by atoms with E-state index in [9.17, 15) is 9.59 Å². The van der Waals surface area contributed by atoms with Crippen molar-refractivity contribution in [3.63, 3.8) is 0 Å². The fourth-order valence-electron chi connectivity index (χ4n) is 3.75. The monoisotopic (exact) mass is 397 g/mol. The van der Waals surface area contributed by atoms with Crippen LogP contribution in [0.3, 0.4) is 0 Å². The van der Waals surface area contributed by atoms with Crippen molar-refractivity contribution in [3.8, 4) is 5.75 Å². The Bertz CT molecular complexity index is 858. The van der Waals surface area contributed by atoms with Gasteiger partial charge in [0.1, 0.15) is 5.75 Å². The smallest absolute Gasteiger partial charge is 0.260 e. The maximum absolute atomic E-state index is 12.5. The largest absolute Gasteiger partial charge is 0.484 e. The molecule has 0 spiro atoms. The van der Waals surface area contributed by atoms with E-state index in [-0.39, 0.29) is 18.4 Å². The average Bonchev–Trinajstić information content (AvgIpc) is 2.78. The van der Waals surface area contributed by atoms with Crippen molar-refractivity contribution < 1.29 is 19.1 Å². The number of benzene rings is 2. The molecule has 2 saturated heterocycles. The van der Waals surface area contributed by atoms with Crippen LogP contribution in [0.15, 0.2) is 42.5 Å². The van der Waals surface area contributed by atoms with Crippen LogP contribution in [0.4, 0.5) is 0 Å². The minimum Gasteiger partial charge on any atom is -0.484 e. The van der Waals surface area contributed by atoms with Gasteiger partial charge in [0.25, 0.3) is 5.91 Å². The highest BCUT2D eigenvalue weighted by Crippen LogP contribution is 2.20. The van der Waals surface area contributed by atoms with Crippen LogP contribution in [-0.2, 0) is 14.3 Å². The topological polar surface area (TPSA) is 62.3 Å². The number of carbonyl (C=O) groups is 2. The Morgan fingerprint density at radius 1 is 0.828 bits per heavy atom. The molecule has 29 heavy (non-hydrogen) atoms. The van der Waals surface area contributed by atoms with E-state index in [1.54, 1.807) is 4.90 Å². The van der Waals surface area contributed by atoms with E-state index in [1.807, 2.05) is 47.4 Å². The van der Waals surface area contributed by atoms with Gasteiger partial charge in [-0.3, -0.25) is 14.5 Å². The predicted octanol–water partition coefficient (Wildman–Crippen LogP) is 1.22. The van der Waals surface area contributed by atoms with Crippen LogP contribution in [0, 0.1) is 0 Å². The number of hydrogen-bond acceptors (Lipinski definition) is 5. The summed E-state index contributed by atoms with van der Waals surface area (Å²) in [5.41, 5.74) is 0. The van der Waals surface area contributed by atoms with Gasteiger partial charge in [-0.15, -0.1) is 0 Å². The van der Waals surface area contributed by atoms with Crippen molar-refractivity contribution in [2.24, 2.45) is 0 Å². The standard InChI is InChI=1S/C22H27N3O4/c26-21(16-23-11-13-28-14-12-23)24-7-9-25(10-8-24)22(27)17-29-20-6-5-18-3-1-2-4-19(18)15-20/h1-6,15H,7-14,16-17H2. The first-order chi connectivity index (χ1) is 14.2. The first kappa shape index (κ1) is 19.7. The van der Waals surface area contributed by atoms with Gasteiger partial charge in [-0.1, -0.05) is 30.3 Å². The van der Waals surface area contributed by atoms with Gasteiger partial charge in [-0.2, -0.15) is 0 Å². The predicted molar refractivity (Wildman–Crippen MR) is 110 cm³/mol. The molecule has 7 nitrogen and oxygen atoms in total. The summed E-state index contributed by atoms with van der Waals surface area (Å²) in [6.45, 7) is 5.67. The second kappa shape index (κ2) is 9.24. The Labute approximate surface area is 170 Å². The molecule has 0 radical (unpaired) electrons. The van der Waals surface area contributed by atoms with Crippen LogP contribution in [0.1, 0.15) is 0 Å². The molecule has 0 N–H and O–H groups in total. The first-order valence-electron chi connectivity index (χ1n) is 10.2. The van der Waals surface area contributed by atoms with Crippen LogP contribution in [0.5, 0.6) is 5.75 Å². The van der Waals surface area contributed by atoms with Crippen molar-refractivity contribution >= 4 is 22.6 Å². The highest BCUT2D eigenvalue weighted by molar-refractivity contribution is 5.84. The molecule has 0 bridgehead atoms. The zero-order valence-electron chi connectivity index (χ0n) is 16.6. The minimum absolute atomic E-state index is 0.0140. The van der Waals surface area contributed by atoms with Gasteiger partial charge in [-0.25, -0.2) is 0 Å². The van der Waals surface area contributed by atoms with Crippen LogP contribution >= 0.6 is 0 Å². The highest BCUT2D eigenvalue weighted by Gasteiger charge is 2.25. The summed E-state index contributed by atoms with van der Waals surface area (Å²) >= 11 is 0. The second-order valence-corrected chi connectivity index (χ2v) is 7.45. The third-order valence-corrected chi connectivity index (χ3v) is 5.53. The lowest BCUT2D eigenvalue weighted by molar-refractivity contribution is -0.141. The van der Waals surface area contributed by atoms with E-state index in [0.717, 1.165) is 23.9 Å². The molecule has 0 saturated carbocycles. The Morgan fingerprint density at radius 3 is 2.21 bits per heavy atom. The first-order valence-corrected chi connectivity index (χ1v) is 10.2. The minimum atomic E-state index is -0.0431. The molecule has 2 heterocycles. The van der Waals surface area contributed by atoms with Gasteiger partial charge < -0.3 is 19.3 Å². The number of piperazine rings is 1. The van der Waals surface area contributed by atoms with Crippen molar-refractivity contribution in [2.45, 2.75) is 0 Å². The number of ether oxygens (including phenoxy) is 2.